The van der Waals surface area contributed by atoms with Crippen LogP contribution < -0.4 is 5.73 Å². The lowest BCUT2D eigenvalue weighted by molar-refractivity contribution is -0.123. The third-order valence-electron chi connectivity index (χ3n) is 3.42. The molecule has 0 saturated carbocycles. The first-order valence-corrected chi connectivity index (χ1v) is 6.77. The fourth-order valence-electron chi connectivity index (χ4n) is 2.35. The van der Waals surface area contributed by atoms with E-state index in [9.17, 15) is 9.59 Å². The van der Waals surface area contributed by atoms with Gasteiger partial charge in [-0.1, -0.05) is 11.8 Å². The second-order valence-electron chi connectivity index (χ2n) is 4.85. The molecule has 6 nitrogen and oxygen atoms in total. The molecule has 0 bridgehead atoms. The number of rotatable bonds is 2. The molecule has 21 heavy (non-hydrogen) atoms. The number of nitrogens with zero attached hydrogens (tertiary/aromatic N) is 2. The first kappa shape index (κ1) is 15.0. The van der Waals surface area contributed by atoms with Crippen molar-refractivity contribution in [3.8, 4) is 11.8 Å². The Kier molecular flexibility index (Phi) is 4.90. The fourth-order valence-corrected chi connectivity index (χ4v) is 2.35. The maximum absolute atomic E-state index is 12.5. The molecule has 1 fully saturated rings. The van der Waals surface area contributed by atoms with Crippen molar-refractivity contribution in [3.05, 3.63) is 29.6 Å². The Morgan fingerprint density at radius 2 is 2.33 bits per heavy atom. The number of hydrogen-bond acceptors (Lipinski definition) is 4. The first-order valence-electron chi connectivity index (χ1n) is 6.77. The lowest BCUT2D eigenvalue weighted by Crippen LogP contribution is -2.44. The van der Waals surface area contributed by atoms with Gasteiger partial charge in [0, 0.05) is 19.3 Å². The van der Waals surface area contributed by atoms with Crippen LogP contribution in [-0.4, -0.2) is 46.5 Å². The molecule has 1 aliphatic heterocycles. The van der Waals surface area contributed by atoms with Crippen LogP contribution in [0.15, 0.2) is 18.3 Å². The average molecular weight is 287 g/mol. The first-order chi connectivity index (χ1) is 10.1. The van der Waals surface area contributed by atoms with Gasteiger partial charge in [0.25, 0.3) is 5.91 Å². The molecule has 0 spiro atoms. The van der Waals surface area contributed by atoms with E-state index in [2.05, 4.69) is 16.8 Å². The van der Waals surface area contributed by atoms with Crippen LogP contribution in [0.2, 0.25) is 0 Å². The number of nitrogens with two attached hydrogens (primary N) is 1. The standard InChI is InChI=1S/C15H17N3O3/c16-14(20)12-5-2-8-18(10-12)15(21)13-11(6-3-9-19)4-1-7-17-13/h1,4,7,12,19H,2,5,8-10H2,(H2,16,20). The van der Waals surface area contributed by atoms with Crippen molar-refractivity contribution in [3.63, 3.8) is 0 Å². The lowest BCUT2D eigenvalue weighted by atomic mass is 9.97. The molecular weight excluding hydrogens is 270 g/mol. The summed E-state index contributed by atoms with van der Waals surface area (Å²) < 4.78 is 0. The molecule has 6 heteroatoms. The van der Waals surface area contributed by atoms with Crippen molar-refractivity contribution < 1.29 is 14.7 Å². The van der Waals surface area contributed by atoms with Crippen LogP contribution in [-0.2, 0) is 4.79 Å². The molecule has 2 heterocycles. The highest BCUT2D eigenvalue weighted by molar-refractivity contribution is 5.95. The third kappa shape index (κ3) is 3.58. The molecule has 1 aromatic heterocycles. The number of amides is 2. The lowest BCUT2D eigenvalue weighted by Gasteiger charge is -2.31. The summed E-state index contributed by atoms with van der Waals surface area (Å²) in [7, 11) is 0. The largest absolute Gasteiger partial charge is 0.384 e. The molecular formula is C15H17N3O3. The van der Waals surface area contributed by atoms with E-state index in [1.54, 1.807) is 17.0 Å². The zero-order chi connectivity index (χ0) is 15.2. The number of likely N-dealkylation sites (tertiary alicyclic amines) is 1. The number of aliphatic hydroxyl groups is 1. The summed E-state index contributed by atoms with van der Waals surface area (Å²) >= 11 is 0. The van der Waals surface area contributed by atoms with E-state index in [0.29, 0.717) is 25.1 Å². The van der Waals surface area contributed by atoms with Crippen molar-refractivity contribution in [2.24, 2.45) is 11.7 Å². The van der Waals surface area contributed by atoms with Gasteiger partial charge in [0.2, 0.25) is 5.91 Å². The van der Waals surface area contributed by atoms with Crippen molar-refractivity contribution in [1.82, 2.24) is 9.88 Å². The van der Waals surface area contributed by atoms with Gasteiger partial charge in [0.1, 0.15) is 12.3 Å². The number of aromatic nitrogens is 1. The molecule has 0 aromatic carbocycles. The molecule has 110 valence electrons. The van der Waals surface area contributed by atoms with E-state index in [1.807, 2.05) is 0 Å². The SMILES string of the molecule is NC(=O)C1CCCN(C(=O)c2ncccc2C#CCO)C1. The molecule has 0 radical (unpaired) electrons. The molecule has 1 aromatic rings. The normalized spacial score (nSPS) is 17.8. The number of hydrogen-bond donors (Lipinski definition) is 2. The summed E-state index contributed by atoms with van der Waals surface area (Å²) in [5.41, 5.74) is 6.03. The molecule has 1 atom stereocenters. The number of aliphatic hydroxyl groups excluding tert-OH is 1. The van der Waals surface area contributed by atoms with Crippen LogP contribution in [0.3, 0.4) is 0 Å². The van der Waals surface area contributed by atoms with Crippen molar-refractivity contribution >= 4 is 11.8 Å². The number of piperidine rings is 1. The minimum atomic E-state index is -0.381. The van der Waals surface area contributed by atoms with Gasteiger partial charge in [-0.2, -0.15) is 0 Å². The highest BCUT2D eigenvalue weighted by atomic mass is 16.2. The van der Waals surface area contributed by atoms with Gasteiger partial charge >= 0.3 is 0 Å². The van der Waals surface area contributed by atoms with Crippen LogP contribution in [0.4, 0.5) is 0 Å². The number of pyridine rings is 1. The van der Waals surface area contributed by atoms with E-state index in [-0.39, 0.29) is 30.0 Å². The Hall–Kier alpha value is -2.39. The molecule has 0 aliphatic carbocycles. The number of carbonyl (C=O) groups is 2. The van der Waals surface area contributed by atoms with Crippen molar-refractivity contribution in [1.29, 1.82) is 0 Å². The highest BCUT2D eigenvalue weighted by Gasteiger charge is 2.28. The van der Waals surface area contributed by atoms with Crippen molar-refractivity contribution in [2.45, 2.75) is 12.8 Å². The van der Waals surface area contributed by atoms with E-state index >= 15 is 0 Å². The number of primary amides is 1. The minimum absolute atomic E-state index is 0.239. The quantitative estimate of drug-likeness (QED) is 0.734. The number of carbonyl (C=O) groups excluding carboxylic acids is 2. The van der Waals surface area contributed by atoms with Crippen molar-refractivity contribution in [2.75, 3.05) is 19.7 Å². The van der Waals surface area contributed by atoms with Gasteiger partial charge in [0.15, 0.2) is 0 Å². The molecule has 1 saturated heterocycles. The minimum Gasteiger partial charge on any atom is -0.384 e. The molecule has 3 N–H and O–H groups in total. The van der Waals surface area contributed by atoms with Crippen LogP contribution in [0, 0.1) is 17.8 Å². The smallest absolute Gasteiger partial charge is 0.273 e. The van der Waals surface area contributed by atoms with Crippen LogP contribution >= 0.6 is 0 Å². The van der Waals surface area contributed by atoms with Crippen LogP contribution in [0.5, 0.6) is 0 Å². The summed E-state index contributed by atoms with van der Waals surface area (Å²) in [6, 6.07) is 3.36. The van der Waals surface area contributed by atoms with Gasteiger partial charge in [-0.05, 0) is 25.0 Å². The fraction of sp³-hybridized carbons (Fsp3) is 0.400. The predicted octanol–water partition coefficient (Wildman–Crippen LogP) is -0.237. The molecule has 1 aliphatic rings. The summed E-state index contributed by atoms with van der Waals surface area (Å²) in [6.45, 7) is 0.611. The predicted molar refractivity (Wildman–Crippen MR) is 76.0 cm³/mol. The van der Waals surface area contributed by atoms with E-state index < -0.39 is 0 Å². The van der Waals surface area contributed by atoms with Crippen LogP contribution in [0.25, 0.3) is 0 Å². The van der Waals surface area contributed by atoms with Gasteiger partial charge in [-0.15, -0.1) is 0 Å². The van der Waals surface area contributed by atoms with E-state index in [1.165, 1.54) is 6.20 Å². The zero-order valence-corrected chi connectivity index (χ0v) is 11.6. The average Bonchev–Trinajstić information content (AvgIpc) is 2.52. The van der Waals surface area contributed by atoms with Gasteiger partial charge in [-0.25, -0.2) is 4.98 Å². The topological polar surface area (TPSA) is 96.5 Å². The summed E-state index contributed by atoms with van der Waals surface area (Å²) in [6.07, 6.45) is 2.97. The van der Waals surface area contributed by atoms with E-state index in [4.69, 9.17) is 10.8 Å². The summed E-state index contributed by atoms with van der Waals surface area (Å²) in [5.74, 6) is 4.28. The summed E-state index contributed by atoms with van der Waals surface area (Å²) in [5, 5.41) is 8.76. The molecule has 1 unspecified atom stereocenters. The van der Waals surface area contributed by atoms with Crippen LogP contribution in [0.1, 0.15) is 28.9 Å². The monoisotopic (exact) mass is 287 g/mol. The molecule has 2 rings (SSSR count). The Balaban J connectivity index is 2.22. The maximum Gasteiger partial charge on any atom is 0.273 e. The maximum atomic E-state index is 12.5. The second kappa shape index (κ2) is 6.86. The zero-order valence-electron chi connectivity index (χ0n) is 11.6. The Bertz CT molecular complexity index is 604. The highest BCUT2D eigenvalue weighted by Crippen LogP contribution is 2.18. The van der Waals surface area contributed by atoms with E-state index in [0.717, 1.165) is 6.42 Å². The van der Waals surface area contributed by atoms with Gasteiger partial charge < -0.3 is 15.7 Å². The Morgan fingerprint density at radius 3 is 3.05 bits per heavy atom. The Morgan fingerprint density at radius 1 is 1.52 bits per heavy atom. The summed E-state index contributed by atoms with van der Waals surface area (Å²) in [4.78, 5) is 29.5. The van der Waals surface area contributed by atoms with Gasteiger partial charge in [0.05, 0.1) is 11.5 Å². The molecule has 2 amide bonds. The second-order valence-corrected chi connectivity index (χ2v) is 4.85. The van der Waals surface area contributed by atoms with Gasteiger partial charge in [-0.3, -0.25) is 9.59 Å². The third-order valence-corrected chi connectivity index (χ3v) is 3.42. The Labute approximate surface area is 123 Å².